The van der Waals surface area contributed by atoms with Crippen LogP contribution in [0.1, 0.15) is 5.69 Å². The lowest BCUT2D eigenvalue weighted by molar-refractivity contribution is -0.137. The standard InChI is InChI=1S/C15H14BrFN4O4S/c1-21(9-3-4-11(17)10(16)7-9)14(18-5-6-22)13-15(20-25-19-13)26-8-12(23)24-2/h3-4,6-7H,5,8H2,1-2H3/b18-14-. The van der Waals surface area contributed by atoms with Gasteiger partial charge >= 0.3 is 5.97 Å². The summed E-state index contributed by atoms with van der Waals surface area (Å²) in [5, 5.41) is 7.90. The van der Waals surface area contributed by atoms with Crippen LogP contribution in [0.25, 0.3) is 0 Å². The van der Waals surface area contributed by atoms with Gasteiger partial charge in [0.15, 0.2) is 16.6 Å². The summed E-state index contributed by atoms with van der Waals surface area (Å²) < 4.78 is 23.1. The summed E-state index contributed by atoms with van der Waals surface area (Å²) in [6.45, 7) is -0.115. The molecule has 2 aromatic rings. The fourth-order valence-corrected chi connectivity index (χ4v) is 2.97. The van der Waals surface area contributed by atoms with Gasteiger partial charge in [0.2, 0.25) is 0 Å². The normalized spacial score (nSPS) is 11.3. The molecule has 11 heteroatoms. The van der Waals surface area contributed by atoms with Crippen LogP contribution in [0.4, 0.5) is 10.1 Å². The Balaban J connectivity index is 2.36. The molecule has 8 nitrogen and oxygen atoms in total. The number of benzene rings is 1. The van der Waals surface area contributed by atoms with Crippen molar-refractivity contribution in [1.29, 1.82) is 0 Å². The van der Waals surface area contributed by atoms with Gasteiger partial charge in [0, 0.05) is 12.7 Å². The van der Waals surface area contributed by atoms with E-state index in [2.05, 4.69) is 36.0 Å². The monoisotopic (exact) mass is 444 g/mol. The molecule has 1 heterocycles. The molecule has 138 valence electrons. The van der Waals surface area contributed by atoms with E-state index in [1.54, 1.807) is 24.1 Å². The summed E-state index contributed by atoms with van der Waals surface area (Å²) in [4.78, 5) is 27.9. The molecule has 0 aliphatic carbocycles. The Bertz CT molecular complexity index is 830. The third kappa shape index (κ3) is 4.88. The number of hydrogen-bond donors (Lipinski definition) is 0. The van der Waals surface area contributed by atoms with Gasteiger partial charge in [-0.15, -0.1) is 0 Å². The van der Waals surface area contributed by atoms with E-state index in [4.69, 9.17) is 4.63 Å². The number of halogens is 2. The van der Waals surface area contributed by atoms with Gasteiger partial charge in [-0.05, 0) is 44.4 Å². The number of carbonyl (C=O) groups is 2. The predicted molar refractivity (Wildman–Crippen MR) is 97.0 cm³/mol. The number of rotatable bonds is 7. The second-order valence-corrected chi connectivity index (χ2v) is 6.59. The zero-order valence-electron chi connectivity index (χ0n) is 13.8. The molecule has 0 fully saturated rings. The quantitative estimate of drug-likeness (QED) is 0.211. The number of nitrogens with zero attached hydrogens (tertiary/aromatic N) is 4. The molecule has 0 aliphatic rings. The third-order valence-electron chi connectivity index (χ3n) is 3.15. The van der Waals surface area contributed by atoms with Gasteiger partial charge in [-0.1, -0.05) is 11.8 Å². The molecule has 0 unspecified atom stereocenters. The lowest BCUT2D eigenvalue weighted by Crippen LogP contribution is -2.29. The van der Waals surface area contributed by atoms with Crippen molar-refractivity contribution < 1.29 is 23.3 Å². The van der Waals surface area contributed by atoms with E-state index in [1.165, 1.54) is 13.2 Å². The van der Waals surface area contributed by atoms with Crippen molar-refractivity contribution in [3.63, 3.8) is 0 Å². The molecule has 0 N–H and O–H groups in total. The molecule has 2 rings (SSSR count). The summed E-state index contributed by atoms with van der Waals surface area (Å²) in [7, 11) is 2.95. The van der Waals surface area contributed by atoms with E-state index in [-0.39, 0.29) is 28.3 Å². The Morgan fingerprint density at radius 2 is 2.27 bits per heavy atom. The van der Waals surface area contributed by atoms with Crippen LogP contribution >= 0.6 is 27.7 Å². The minimum atomic E-state index is -0.439. The van der Waals surface area contributed by atoms with Crippen LogP contribution in [0.3, 0.4) is 0 Å². The smallest absolute Gasteiger partial charge is 0.316 e. The second-order valence-electron chi connectivity index (χ2n) is 4.77. The Morgan fingerprint density at radius 3 is 2.92 bits per heavy atom. The molecule has 0 saturated heterocycles. The lowest BCUT2D eigenvalue weighted by atomic mass is 10.2. The van der Waals surface area contributed by atoms with E-state index >= 15 is 0 Å². The van der Waals surface area contributed by atoms with E-state index in [1.807, 2.05) is 0 Å². The first-order valence-electron chi connectivity index (χ1n) is 7.17. The maximum absolute atomic E-state index is 13.5. The summed E-state index contributed by atoms with van der Waals surface area (Å²) >= 11 is 4.19. The number of aldehydes is 1. The Morgan fingerprint density at radius 1 is 1.50 bits per heavy atom. The number of aliphatic imine (C=N–C) groups is 1. The summed E-state index contributed by atoms with van der Waals surface area (Å²) in [5.74, 6) is -0.564. The predicted octanol–water partition coefficient (Wildman–Crippen LogP) is 2.32. The molecule has 26 heavy (non-hydrogen) atoms. The highest BCUT2D eigenvalue weighted by Gasteiger charge is 2.22. The maximum atomic E-state index is 13.5. The van der Waals surface area contributed by atoms with E-state index < -0.39 is 11.8 Å². The molecule has 0 amide bonds. The number of hydrogen-bond acceptors (Lipinski definition) is 8. The van der Waals surface area contributed by atoms with Crippen LogP contribution in [-0.2, 0) is 14.3 Å². The van der Waals surface area contributed by atoms with E-state index in [0.717, 1.165) is 11.8 Å². The summed E-state index contributed by atoms with van der Waals surface area (Å²) in [5.41, 5.74) is 0.846. The van der Waals surface area contributed by atoms with Gasteiger partial charge in [-0.3, -0.25) is 9.79 Å². The number of amidine groups is 1. The lowest BCUT2D eigenvalue weighted by Gasteiger charge is -2.20. The number of ether oxygens (including phenoxy) is 1. The number of methoxy groups -OCH3 is 1. The Labute approximate surface area is 160 Å². The van der Waals surface area contributed by atoms with Gasteiger partial charge < -0.3 is 14.4 Å². The van der Waals surface area contributed by atoms with Gasteiger partial charge in [0.25, 0.3) is 0 Å². The van der Waals surface area contributed by atoms with Crippen LogP contribution in [-0.4, -0.2) is 54.9 Å². The van der Waals surface area contributed by atoms with Crippen LogP contribution in [0.2, 0.25) is 0 Å². The van der Waals surface area contributed by atoms with Gasteiger partial charge in [0.05, 0.1) is 23.9 Å². The molecule has 0 spiro atoms. The average Bonchev–Trinajstić information content (AvgIpc) is 3.10. The van der Waals surface area contributed by atoms with Gasteiger partial charge in [-0.25, -0.2) is 9.02 Å². The van der Waals surface area contributed by atoms with Crippen molar-refractivity contribution in [3.8, 4) is 0 Å². The summed E-state index contributed by atoms with van der Waals surface area (Å²) in [6.07, 6.45) is 0.628. The summed E-state index contributed by atoms with van der Waals surface area (Å²) in [6, 6.07) is 4.40. The van der Waals surface area contributed by atoms with E-state index in [9.17, 15) is 14.0 Å². The van der Waals surface area contributed by atoms with Gasteiger partial charge in [-0.2, -0.15) is 0 Å². The van der Waals surface area contributed by atoms with Gasteiger partial charge in [0.1, 0.15) is 12.1 Å². The van der Waals surface area contributed by atoms with Crippen molar-refractivity contribution in [2.75, 3.05) is 31.4 Å². The highest BCUT2D eigenvalue weighted by molar-refractivity contribution is 9.10. The van der Waals surface area contributed by atoms with Crippen molar-refractivity contribution in [1.82, 2.24) is 10.3 Å². The van der Waals surface area contributed by atoms with Crippen molar-refractivity contribution in [2.45, 2.75) is 5.03 Å². The number of aromatic nitrogens is 2. The molecule has 1 aromatic heterocycles. The zero-order chi connectivity index (χ0) is 19.1. The molecule has 0 radical (unpaired) electrons. The fourth-order valence-electron chi connectivity index (χ4n) is 1.88. The van der Waals surface area contributed by atoms with Crippen molar-refractivity contribution >= 4 is 51.5 Å². The number of anilines is 1. The zero-order valence-corrected chi connectivity index (χ0v) is 16.2. The molecular formula is C15H14BrFN4O4S. The third-order valence-corrected chi connectivity index (χ3v) is 4.68. The highest BCUT2D eigenvalue weighted by Crippen LogP contribution is 2.26. The number of carbonyl (C=O) groups excluding carboxylic acids is 2. The fraction of sp³-hybridized carbons (Fsp3) is 0.267. The first-order chi connectivity index (χ1) is 12.5. The van der Waals surface area contributed by atoms with Crippen LogP contribution in [0.15, 0.2) is 37.3 Å². The number of thioether (sulfide) groups is 1. The first kappa shape index (κ1) is 20.0. The highest BCUT2D eigenvalue weighted by atomic mass is 79.9. The van der Waals surface area contributed by atoms with Crippen molar-refractivity contribution in [2.24, 2.45) is 4.99 Å². The van der Waals surface area contributed by atoms with Crippen LogP contribution in [0.5, 0.6) is 0 Å². The molecule has 1 aromatic carbocycles. The minimum absolute atomic E-state index is 0.00445. The minimum Gasteiger partial charge on any atom is -0.468 e. The molecule has 0 bridgehead atoms. The molecule has 0 atom stereocenters. The number of esters is 1. The Hall–Kier alpha value is -2.27. The van der Waals surface area contributed by atoms with Crippen molar-refractivity contribution in [3.05, 3.63) is 34.2 Å². The molecular weight excluding hydrogens is 431 g/mol. The maximum Gasteiger partial charge on any atom is 0.316 e. The largest absolute Gasteiger partial charge is 0.468 e. The topological polar surface area (TPSA) is 97.9 Å². The average molecular weight is 445 g/mol. The molecule has 0 saturated carbocycles. The first-order valence-corrected chi connectivity index (χ1v) is 8.95. The van der Waals surface area contributed by atoms with Crippen LogP contribution < -0.4 is 4.90 Å². The van der Waals surface area contributed by atoms with E-state index in [0.29, 0.717) is 17.0 Å². The second kappa shape index (κ2) is 9.43. The van der Waals surface area contributed by atoms with Crippen LogP contribution in [0, 0.1) is 5.82 Å². The molecule has 0 aliphatic heterocycles. The Kier molecular flexibility index (Phi) is 7.27. The SMILES string of the molecule is COC(=O)CSc1nonc1/C(=N/CC=O)N(C)c1ccc(F)c(Br)c1.